The fraction of sp³-hybridized carbons (Fsp3) is 0.455. The summed E-state index contributed by atoms with van der Waals surface area (Å²) in [7, 11) is 1.63. The number of hydrogen-bond acceptors (Lipinski definition) is 3. The van der Waals surface area contributed by atoms with Crippen LogP contribution in [0.3, 0.4) is 0 Å². The van der Waals surface area contributed by atoms with E-state index in [-0.39, 0.29) is 5.41 Å². The van der Waals surface area contributed by atoms with Crippen LogP contribution in [0.1, 0.15) is 26.5 Å². The van der Waals surface area contributed by atoms with Crippen LogP contribution in [0.4, 0.5) is 5.69 Å². The number of fused-ring (bicyclic) bond motifs is 1. The molecule has 14 heavy (non-hydrogen) atoms. The fourth-order valence-electron chi connectivity index (χ4n) is 1.59. The number of ether oxygens (including phenoxy) is 1. The highest BCUT2D eigenvalue weighted by molar-refractivity contribution is 5.98. The Morgan fingerprint density at radius 2 is 2.00 bits per heavy atom. The van der Waals surface area contributed by atoms with Crippen molar-refractivity contribution in [3.8, 4) is 5.88 Å². The smallest absolute Gasteiger partial charge is 0.213 e. The van der Waals surface area contributed by atoms with Gasteiger partial charge in [-0.3, -0.25) is 4.99 Å². The molecule has 0 bridgehead atoms. The van der Waals surface area contributed by atoms with E-state index in [1.807, 2.05) is 19.1 Å². The number of methoxy groups -OCH3 is 1. The van der Waals surface area contributed by atoms with Gasteiger partial charge < -0.3 is 4.74 Å². The van der Waals surface area contributed by atoms with E-state index in [1.165, 1.54) is 0 Å². The van der Waals surface area contributed by atoms with E-state index >= 15 is 0 Å². The van der Waals surface area contributed by atoms with Gasteiger partial charge >= 0.3 is 0 Å². The van der Waals surface area contributed by atoms with E-state index in [0.717, 1.165) is 17.1 Å². The second-order valence-corrected chi connectivity index (χ2v) is 4.04. The Hall–Kier alpha value is -1.38. The molecule has 0 spiro atoms. The summed E-state index contributed by atoms with van der Waals surface area (Å²) in [5, 5.41) is 0. The molecule has 0 saturated heterocycles. The zero-order chi connectivity index (χ0) is 10.3. The summed E-state index contributed by atoms with van der Waals surface area (Å²) in [5.74, 6) is 0.654. The first-order valence-corrected chi connectivity index (χ1v) is 4.67. The molecule has 3 nitrogen and oxygen atoms in total. The molecule has 0 atom stereocenters. The first-order valence-electron chi connectivity index (χ1n) is 4.67. The normalized spacial score (nSPS) is 17.6. The molecule has 1 aromatic heterocycles. The third-order valence-electron chi connectivity index (χ3n) is 2.84. The SMILES string of the molecule is COc1ccc2c(n1)C(C)(C)C(C)=N2. The topological polar surface area (TPSA) is 34.5 Å². The lowest BCUT2D eigenvalue weighted by Gasteiger charge is -2.18. The molecular weight excluding hydrogens is 176 g/mol. The number of rotatable bonds is 1. The molecule has 0 unspecified atom stereocenters. The molecule has 2 rings (SSSR count). The summed E-state index contributed by atoms with van der Waals surface area (Å²) < 4.78 is 5.11. The van der Waals surface area contributed by atoms with Crippen LogP contribution in [0.2, 0.25) is 0 Å². The molecule has 2 heterocycles. The summed E-state index contributed by atoms with van der Waals surface area (Å²) in [6.45, 7) is 6.29. The van der Waals surface area contributed by atoms with Crippen molar-refractivity contribution in [3.05, 3.63) is 17.8 Å². The van der Waals surface area contributed by atoms with Crippen LogP contribution in [-0.2, 0) is 5.41 Å². The lowest BCUT2D eigenvalue weighted by Crippen LogP contribution is -2.23. The minimum absolute atomic E-state index is 0.0656. The van der Waals surface area contributed by atoms with Gasteiger partial charge in [0.2, 0.25) is 5.88 Å². The van der Waals surface area contributed by atoms with Gasteiger partial charge in [0.05, 0.1) is 18.5 Å². The van der Waals surface area contributed by atoms with Gasteiger partial charge in [0.15, 0.2) is 0 Å². The van der Waals surface area contributed by atoms with Gasteiger partial charge in [-0.1, -0.05) is 0 Å². The molecule has 0 aliphatic carbocycles. The van der Waals surface area contributed by atoms with Crippen LogP contribution < -0.4 is 4.74 Å². The second kappa shape index (κ2) is 2.80. The van der Waals surface area contributed by atoms with Gasteiger partial charge in [0.1, 0.15) is 0 Å². The highest BCUT2D eigenvalue weighted by Gasteiger charge is 2.34. The van der Waals surface area contributed by atoms with Crippen molar-refractivity contribution in [1.82, 2.24) is 4.98 Å². The molecule has 0 N–H and O–H groups in total. The summed E-state index contributed by atoms with van der Waals surface area (Å²) in [4.78, 5) is 8.92. The quantitative estimate of drug-likeness (QED) is 0.681. The average molecular weight is 190 g/mol. The second-order valence-electron chi connectivity index (χ2n) is 4.04. The van der Waals surface area contributed by atoms with E-state index in [0.29, 0.717) is 5.88 Å². The van der Waals surface area contributed by atoms with Crippen LogP contribution in [0, 0.1) is 0 Å². The standard InChI is InChI=1S/C11H14N2O/c1-7-11(2,3)10-8(12-7)5-6-9(13-10)14-4/h5-6H,1-4H3. The van der Waals surface area contributed by atoms with Crippen LogP contribution in [-0.4, -0.2) is 17.8 Å². The van der Waals surface area contributed by atoms with E-state index < -0.39 is 0 Å². The Bertz CT molecular complexity index is 408. The largest absolute Gasteiger partial charge is 0.481 e. The van der Waals surface area contributed by atoms with Crippen molar-refractivity contribution < 1.29 is 4.74 Å². The summed E-state index contributed by atoms with van der Waals surface area (Å²) in [6.07, 6.45) is 0. The molecule has 0 aromatic carbocycles. The van der Waals surface area contributed by atoms with Gasteiger partial charge in [0, 0.05) is 17.2 Å². The zero-order valence-electron chi connectivity index (χ0n) is 8.96. The Balaban J connectivity index is 2.57. The van der Waals surface area contributed by atoms with Gasteiger partial charge in [-0.05, 0) is 26.8 Å². The maximum atomic E-state index is 5.11. The van der Waals surface area contributed by atoms with E-state index in [4.69, 9.17) is 4.74 Å². The van der Waals surface area contributed by atoms with Crippen LogP contribution in [0.25, 0.3) is 0 Å². The first kappa shape index (κ1) is 9.19. The van der Waals surface area contributed by atoms with Crippen molar-refractivity contribution in [2.75, 3.05) is 7.11 Å². The highest BCUT2D eigenvalue weighted by Crippen LogP contribution is 2.39. The summed E-state index contributed by atoms with van der Waals surface area (Å²) in [6, 6.07) is 3.80. The third-order valence-corrected chi connectivity index (χ3v) is 2.84. The van der Waals surface area contributed by atoms with Crippen LogP contribution >= 0.6 is 0 Å². The van der Waals surface area contributed by atoms with E-state index in [2.05, 4.69) is 23.8 Å². The third kappa shape index (κ3) is 1.12. The molecule has 0 radical (unpaired) electrons. The van der Waals surface area contributed by atoms with Gasteiger partial charge in [-0.25, -0.2) is 4.98 Å². The highest BCUT2D eigenvalue weighted by atomic mass is 16.5. The Morgan fingerprint density at radius 1 is 1.29 bits per heavy atom. The van der Waals surface area contributed by atoms with Crippen molar-refractivity contribution in [3.63, 3.8) is 0 Å². The molecule has 1 aliphatic rings. The fourth-order valence-corrected chi connectivity index (χ4v) is 1.59. The van der Waals surface area contributed by atoms with E-state index in [1.54, 1.807) is 7.11 Å². The molecule has 1 aromatic rings. The van der Waals surface area contributed by atoms with Crippen molar-refractivity contribution in [1.29, 1.82) is 0 Å². The Kier molecular flexibility index (Phi) is 1.84. The number of pyridine rings is 1. The van der Waals surface area contributed by atoms with Crippen molar-refractivity contribution in [2.24, 2.45) is 4.99 Å². The van der Waals surface area contributed by atoms with Gasteiger partial charge in [0.25, 0.3) is 0 Å². The molecule has 0 fully saturated rings. The predicted octanol–water partition coefficient (Wildman–Crippen LogP) is 2.47. The number of nitrogens with zero attached hydrogens (tertiary/aromatic N) is 2. The van der Waals surface area contributed by atoms with E-state index in [9.17, 15) is 0 Å². The van der Waals surface area contributed by atoms with Crippen molar-refractivity contribution in [2.45, 2.75) is 26.2 Å². The number of aromatic nitrogens is 1. The average Bonchev–Trinajstić information content (AvgIpc) is 2.38. The Morgan fingerprint density at radius 3 is 2.64 bits per heavy atom. The minimum Gasteiger partial charge on any atom is -0.481 e. The molecule has 0 amide bonds. The molecule has 74 valence electrons. The summed E-state index contributed by atoms with van der Waals surface area (Å²) in [5.41, 5.74) is 3.01. The molecule has 0 saturated carbocycles. The van der Waals surface area contributed by atoms with Crippen LogP contribution in [0.15, 0.2) is 17.1 Å². The van der Waals surface area contributed by atoms with Crippen molar-refractivity contribution >= 4 is 11.4 Å². The van der Waals surface area contributed by atoms with Gasteiger partial charge in [-0.2, -0.15) is 0 Å². The lowest BCUT2D eigenvalue weighted by molar-refractivity contribution is 0.395. The maximum absolute atomic E-state index is 5.11. The first-order chi connectivity index (χ1) is 6.55. The predicted molar refractivity (Wildman–Crippen MR) is 56.6 cm³/mol. The minimum atomic E-state index is -0.0656. The molecule has 3 heteroatoms. The molecular formula is C11H14N2O. The lowest BCUT2D eigenvalue weighted by atomic mass is 9.86. The van der Waals surface area contributed by atoms with Crippen LogP contribution in [0.5, 0.6) is 5.88 Å². The van der Waals surface area contributed by atoms with Gasteiger partial charge in [-0.15, -0.1) is 0 Å². The summed E-state index contributed by atoms with van der Waals surface area (Å²) >= 11 is 0. The monoisotopic (exact) mass is 190 g/mol. The molecule has 1 aliphatic heterocycles. The number of aliphatic imine (C=N–C) groups is 1. The maximum Gasteiger partial charge on any atom is 0.213 e. The zero-order valence-corrected chi connectivity index (χ0v) is 8.96. The Labute approximate surface area is 83.8 Å². The number of hydrogen-bond donors (Lipinski definition) is 0.